The van der Waals surface area contributed by atoms with Crippen LogP contribution in [0.2, 0.25) is 13.1 Å². The summed E-state index contributed by atoms with van der Waals surface area (Å²) >= 11 is -5.08. The first-order valence-electron chi connectivity index (χ1n) is 19.6. The third-order valence-electron chi connectivity index (χ3n) is 12.3. The second-order valence-corrected chi connectivity index (χ2v) is 61.1. The fourth-order valence-corrected chi connectivity index (χ4v) is 41.2. The Balaban J connectivity index is 1.72. The van der Waals surface area contributed by atoms with E-state index in [-0.39, 0.29) is 18.1 Å². The maximum atomic E-state index is 9.00. The van der Waals surface area contributed by atoms with E-state index in [0.29, 0.717) is 0 Å². The minimum absolute atomic E-state index is 0.0271. The van der Waals surface area contributed by atoms with E-state index in [1.807, 2.05) is 0 Å². The molecule has 0 heterocycles. The summed E-state index contributed by atoms with van der Waals surface area (Å²) in [6, 6.07) is 23.7. The fraction of sp³-hybridized carbons (Fsp3) is 0.417. The molecule has 0 saturated heterocycles. The number of rotatable bonds is 7. The van der Waals surface area contributed by atoms with Gasteiger partial charge in [-0.3, -0.25) is 0 Å². The molecule has 0 amide bonds. The average molecular weight is 828 g/mol. The van der Waals surface area contributed by atoms with E-state index in [2.05, 4.69) is 169 Å². The molecule has 2 unspecified atom stereocenters. The van der Waals surface area contributed by atoms with Crippen LogP contribution < -0.4 is 0 Å². The third kappa shape index (κ3) is 6.48. The number of halogens is 2. The molecule has 4 aromatic carbocycles. The van der Waals surface area contributed by atoms with Crippen LogP contribution in [0.25, 0.3) is 34.4 Å². The van der Waals surface area contributed by atoms with Gasteiger partial charge in [-0.1, -0.05) is 0 Å². The van der Waals surface area contributed by atoms with Gasteiger partial charge in [0.15, 0.2) is 0 Å². The van der Waals surface area contributed by atoms with Crippen LogP contribution in [-0.2, 0) is 28.4 Å². The van der Waals surface area contributed by atoms with Crippen LogP contribution in [0.3, 0.4) is 0 Å². The molecule has 0 aliphatic heterocycles. The summed E-state index contributed by atoms with van der Waals surface area (Å²) in [6.07, 6.45) is 7.06. The van der Waals surface area contributed by atoms with Crippen molar-refractivity contribution in [2.24, 2.45) is 10.8 Å². The first-order valence-corrected chi connectivity index (χ1v) is 35.9. The van der Waals surface area contributed by atoms with Crippen molar-refractivity contribution in [1.82, 2.24) is 0 Å². The van der Waals surface area contributed by atoms with Crippen molar-refractivity contribution < 1.29 is 15.6 Å². The van der Waals surface area contributed by atoms with Crippen LogP contribution in [0, 0.1) is 38.5 Å². The van der Waals surface area contributed by atoms with Crippen molar-refractivity contribution >= 4 is 35.1 Å². The van der Waals surface area contributed by atoms with E-state index in [9.17, 15) is 0 Å². The third-order valence-corrected chi connectivity index (χ3v) is 63.9. The Morgan fingerprint density at radius 3 is 1.15 bits per heavy atom. The quantitative estimate of drug-likeness (QED) is 0.163. The van der Waals surface area contributed by atoms with Gasteiger partial charge in [-0.05, 0) is 0 Å². The summed E-state index contributed by atoms with van der Waals surface area (Å²) in [4.78, 5) is 0. The van der Waals surface area contributed by atoms with Gasteiger partial charge in [0.2, 0.25) is 0 Å². The molecule has 4 heteroatoms. The molecule has 275 valence electrons. The molecule has 2 aliphatic rings. The van der Waals surface area contributed by atoms with Gasteiger partial charge in [0.25, 0.3) is 0 Å². The summed E-state index contributed by atoms with van der Waals surface area (Å²) in [5.41, 5.74) is 21.4. The first kappa shape index (κ1) is 39.7. The Morgan fingerprint density at radius 1 is 0.558 bits per heavy atom. The van der Waals surface area contributed by atoms with Crippen molar-refractivity contribution in [1.29, 1.82) is 0 Å². The van der Waals surface area contributed by atoms with Crippen LogP contribution in [0.1, 0.15) is 118 Å². The van der Waals surface area contributed by atoms with Gasteiger partial charge in [-0.15, -0.1) is 0 Å². The summed E-state index contributed by atoms with van der Waals surface area (Å²) in [5, 5.41) is 0. The molecule has 2 atom stereocenters. The minimum atomic E-state index is -5.08. The van der Waals surface area contributed by atoms with Crippen molar-refractivity contribution in [3.63, 3.8) is 0 Å². The van der Waals surface area contributed by atoms with Crippen LogP contribution in [0.5, 0.6) is 0 Å². The summed E-state index contributed by atoms with van der Waals surface area (Å²) < 4.78 is 0.0541. The summed E-state index contributed by atoms with van der Waals surface area (Å²) in [5.74, 6) is -1.75. The molecular weight excluding hydrogens is 767 g/mol. The van der Waals surface area contributed by atoms with Crippen molar-refractivity contribution in [2.45, 2.75) is 116 Å². The van der Waals surface area contributed by atoms with E-state index >= 15 is 0 Å². The number of fused-ring (bicyclic) bond motifs is 2. The molecular formula is C48H61Cl2SiZr. The van der Waals surface area contributed by atoms with Crippen LogP contribution in [0.4, 0.5) is 0 Å². The zero-order chi connectivity index (χ0) is 38.3. The molecule has 2 aliphatic carbocycles. The van der Waals surface area contributed by atoms with E-state index in [4.69, 9.17) is 17.0 Å². The molecule has 52 heavy (non-hydrogen) atoms. The topological polar surface area (TPSA) is 0 Å². The van der Waals surface area contributed by atoms with E-state index in [1.165, 1.54) is 89.0 Å². The van der Waals surface area contributed by atoms with Gasteiger partial charge in [0.05, 0.1) is 0 Å². The molecule has 0 N–H and O–H groups in total. The Bertz CT molecular complexity index is 1960. The average Bonchev–Trinajstić information content (AvgIpc) is 3.64. The maximum absolute atomic E-state index is 9.00. The van der Waals surface area contributed by atoms with Crippen LogP contribution >= 0.6 is 17.0 Å². The Hall–Kier alpha value is -1.96. The van der Waals surface area contributed by atoms with Crippen LogP contribution in [0.15, 0.2) is 71.8 Å². The SMILES string of the molecule is CCc1ccc2c(c1-c1cc(C)cc(C)c1)C=C(C(C)(C)C)[CH]2[Zr]([Cl])([Cl])([CH]1C(C(C)(C)C)=Cc2c1ccc(CC)c2-c1cc(C)cc(C)c1)[SiH](C)C. The van der Waals surface area contributed by atoms with E-state index in [0.717, 1.165) is 12.8 Å². The van der Waals surface area contributed by atoms with Gasteiger partial charge in [0.1, 0.15) is 0 Å². The molecule has 6 rings (SSSR count). The summed E-state index contributed by atoms with van der Waals surface area (Å²) in [6.45, 7) is 32.7. The van der Waals surface area contributed by atoms with Gasteiger partial charge >= 0.3 is 327 Å². The summed E-state index contributed by atoms with van der Waals surface area (Å²) in [7, 11) is 18.0. The molecule has 0 saturated carbocycles. The monoisotopic (exact) mass is 825 g/mol. The van der Waals surface area contributed by atoms with E-state index in [1.54, 1.807) is 0 Å². The molecule has 0 fully saturated rings. The number of benzene rings is 4. The number of hydrogen-bond acceptors (Lipinski definition) is 0. The van der Waals surface area contributed by atoms with Crippen LogP contribution in [-0.4, -0.2) is 5.92 Å². The number of aryl methyl sites for hydroxylation is 6. The van der Waals surface area contributed by atoms with Gasteiger partial charge in [0, 0.05) is 0 Å². The Morgan fingerprint density at radius 2 is 0.885 bits per heavy atom. The number of hydrogen-bond donors (Lipinski definition) is 0. The molecule has 0 radical (unpaired) electrons. The zero-order valence-corrected chi connectivity index (χ0v) is 39.5. The van der Waals surface area contributed by atoms with Gasteiger partial charge in [-0.2, -0.15) is 0 Å². The van der Waals surface area contributed by atoms with Gasteiger partial charge in [-0.25, -0.2) is 0 Å². The molecule has 0 aromatic heterocycles. The fourth-order valence-electron chi connectivity index (χ4n) is 9.82. The predicted octanol–water partition coefficient (Wildman–Crippen LogP) is 15.0. The van der Waals surface area contributed by atoms with Crippen molar-refractivity contribution in [2.75, 3.05) is 0 Å². The van der Waals surface area contributed by atoms with Crippen molar-refractivity contribution in [3.8, 4) is 22.3 Å². The van der Waals surface area contributed by atoms with Gasteiger partial charge < -0.3 is 0 Å². The second kappa shape index (κ2) is 13.7. The first-order chi connectivity index (χ1) is 24.1. The Kier molecular flexibility index (Phi) is 10.4. The molecule has 0 spiro atoms. The second-order valence-electron chi connectivity index (χ2n) is 18.6. The molecule has 0 bridgehead atoms. The normalized spacial score (nSPS) is 18.2. The van der Waals surface area contributed by atoms with E-state index < -0.39 is 21.5 Å². The standard InChI is InChI=1S/2C23H27.C2H7Si.2ClH.Zr/c2*1-7-17-8-9-18-13-20(23(4,5)6)14-21(18)22(17)19-11-15(2)10-16(3)12-19;1-3-2;;;/h2*8-14H,7H2,1-6H3;3H,1-2H3;2*1H;/q;;;;;+2/p-2. The zero-order valence-electron chi connectivity index (χ0n) is 34.3. The van der Waals surface area contributed by atoms with Crippen molar-refractivity contribution in [3.05, 3.63) is 127 Å². The Labute approximate surface area is 324 Å². The molecule has 0 nitrogen and oxygen atoms in total. The predicted molar refractivity (Wildman–Crippen MR) is 232 cm³/mol. The number of allylic oxidation sites excluding steroid dienone is 2. The molecule has 4 aromatic rings.